The molecule has 0 radical (unpaired) electrons. The number of nitrogens with one attached hydrogen (secondary N) is 1. The van der Waals surface area contributed by atoms with Gasteiger partial charge in [-0.2, -0.15) is 5.10 Å². The molecule has 9 heteroatoms. The van der Waals surface area contributed by atoms with Crippen molar-refractivity contribution in [1.29, 1.82) is 0 Å². The topological polar surface area (TPSA) is 62.6 Å². The molecule has 7 nitrogen and oxygen atoms in total. The van der Waals surface area contributed by atoms with Gasteiger partial charge in [-0.05, 0) is 30.3 Å². The minimum atomic E-state index is -0.179. The maximum atomic E-state index is 14.0. The summed E-state index contributed by atoms with van der Waals surface area (Å²) in [4.78, 5) is 18.9. The molecule has 5 rings (SSSR count). The molecule has 182 valence electrons. The number of thiophene rings is 1. The van der Waals surface area contributed by atoms with E-state index in [1.807, 2.05) is 54.2 Å². The van der Waals surface area contributed by atoms with Gasteiger partial charge in [0.1, 0.15) is 22.1 Å². The third-order valence-electron chi connectivity index (χ3n) is 6.36. The van der Waals surface area contributed by atoms with Gasteiger partial charge in [-0.3, -0.25) is 14.4 Å². The summed E-state index contributed by atoms with van der Waals surface area (Å²) < 4.78 is 21.2. The van der Waals surface area contributed by atoms with Gasteiger partial charge in [-0.15, -0.1) is 11.3 Å². The Bertz CT molecular complexity index is 1340. The number of hydrogen-bond donors (Lipinski definition) is 1. The molecule has 1 fully saturated rings. The molecule has 35 heavy (non-hydrogen) atoms. The van der Waals surface area contributed by atoms with E-state index in [9.17, 15) is 9.18 Å². The standard InChI is InChI=1S/C26H28FN5O2S/c1-30-26-20(24(29-30)18-6-5-7-19(16-18)34-2)17-23(35-26)25(33)28-10-11-31-12-14-32(15-13-31)22-9-4-3-8-21(22)27/h3-9,16-17H,10-15H2,1-2H3,(H,28,33). The van der Waals surface area contributed by atoms with Gasteiger partial charge in [0.15, 0.2) is 0 Å². The average molecular weight is 494 g/mol. The van der Waals surface area contributed by atoms with Gasteiger partial charge < -0.3 is 15.0 Å². The number of carbonyl (C=O) groups is 1. The molecular weight excluding hydrogens is 465 g/mol. The highest BCUT2D eigenvalue weighted by atomic mass is 32.1. The molecule has 0 aliphatic carbocycles. The van der Waals surface area contributed by atoms with Crippen molar-refractivity contribution in [3.05, 3.63) is 65.3 Å². The van der Waals surface area contributed by atoms with Crippen molar-refractivity contribution in [3.63, 3.8) is 0 Å². The number of piperazine rings is 1. The number of halogens is 1. The number of benzene rings is 2. The molecule has 1 saturated heterocycles. The predicted molar refractivity (Wildman–Crippen MR) is 138 cm³/mol. The van der Waals surface area contributed by atoms with Gasteiger partial charge >= 0.3 is 0 Å². The zero-order valence-electron chi connectivity index (χ0n) is 19.8. The Balaban J connectivity index is 1.18. The summed E-state index contributed by atoms with van der Waals surface area (Å²) in [6.45, 7) is 4.54. The Hall–Kier alpha value is -3.43. The van der Waals surface area contributed by atoms with Crippen LogP contribution < -0.4 is 15.0 Å². The van der Waals surface area contributed by atoms with E-state index in [2.05, 4.69) is 20.2 Å². The fourth-order valence-corrected chi connectivity index (χ4v) is 5.46. The highest BCUT2D eigenvalue weighted by molar-refractivity contribution is 7.20. The van der Waals surface area contributed by atoms with Gasteiger partial charge in [0.25, 0.3) is 5.91 Å². The van der Waals surface area contributed by atoms with Gasteiger partial charge in [0.05, 0.1) is 17.7 Å². The lowest BCUT2D eigenvalue weighted by Gasteiger charge is -2.36. The van der Waals surface area contributed by atoms with Crippen molar-refractivity contribution < 1.29 is 13.9 Å². The number of aromatic nitrogens is 2. The minimum absolute atomic E-state index is 0.0761. The van der Waals surface area contributed by atoms with E-state index in [0.717, 1.165) is 59.9 Å². The van der Waals surface area contributed by atoms with Crippen LogP contribution in [0.25, 0.3) is 21.5 Å². The third-order valence-corrected chi connectivity index (χ3v) is 7.56. The van der Waals surface area contributed by atoms with Crippen LogP contribution in [0.1, 0.15) is 9.67 Å². The molecule has 3 heterocycles. The maximum Gasteiger partial charge on any atom is 0.261 e. The fourth-order valence-electron chi connectivity index (χ4n) is 4.47. The normalized spacial score (nSPS) is 14.4. The van der Waals surface area contributed by atoms with Crippen LogP contribution in [0, 0.1) is 5.82 Å². The first-order valence-electron chi connectivity index (χ1n) is 11.6. The smallest absolute Gasteiger partial charge is 0.261 e. The van der Waals surface area contributed by atoms with Gasteiger partial charge in [-0.25, -0.2) is 4.39 Å². The number of aryl methyl sites for hydroxylation is 1. The number of anilines is 1. The van der Waals surface area contributed by atoms with Crippen molar-refractivity contribution in [2.45, 2.75) is 0 Å². The van der Waals surface area contributed by atoms with Crippen molar-refractivity contribution in [2.24, 2.45) is 7.05 Å². The number of amides is 1. The summed E-state index contributed by atoms with van der Waals surface area (Å²) in [5.74, 6) is 0.512. The van der Waals surface area contributed by atoms with Crippen LogP contribution >= 0.6 is 11.3 Å². The monoisotopic (exact) mass is 493 g/mol. The van der Waals surface area contributed by atoms with E-state index in [-0.39, 0.29) is 11.7 Å². The van der Waals surface area contributed by atoms with Crippen LogP contribution in [-0.2, 0) is 7.05 Å². The molecule has 1 amide bonds. The highest BCUT2D eigenvalue weighted by Gasteiger charge is 2.21. The number of rotatable bonds is 7. The van der Waals surface area contributed by atoms with E-state index in [1.165, 1.54) is 17.4 Å². The Kier molecular flexibility index (Phi) is 6.70. The van der Waals surface area contributed by atoms with Gasteiger partial charge in [0, 0.05) is 57.3 Å². The van der Waals surface area contributed by atoms with Gasteiger partial charge in [0.2, 0.25) is 0 Å². The quantitative estimate of drug-likeness (QED) is 0.422. The van der Waals surface area contributed by atoms with E-state index < -0.39 is 0 Å². The molecular formula is C26H28FN5O2S. The maximum absolute atomic E-state index is 14.0. The zero-order chi connectivity index (χ0) is 24.4. The minimum Gasteiger partial charge on any atom is -0.497 e. The lowest BCUT2D eigenvalue weighted by atomic mass is 10.1. The first-order chi connectivity index (χ1) is 17.0. The molecule has 1 N–H and O–H groups in total. The molecule has 1 aliphatic heterocycles. The summed E-state index contributed by atoms with van der Waals surface area (Å²) in [6.07, 6.45) is 0. The molecule has 4 aromatic rings. The van der Waals surface area contributed by atoms with Crippen LogP contribution in [0.15, 0.2) is 54.6 Å². The summed E-state index contributed by atoms with van der Waals surface area (Å²) in [6, 6.07) is 16.6. The molecule has 2 aromatic carbocycles. The molecule has 0 unspecified atom stereocenters. The SMILES string of the molecule is COc1cccc(-c2nn(C)c3sc(C(=O)NCCN4CCN(c5ccccc5F)CC4)cc23)c1. The van der Waals surface area contributed by atoms with Crippen molar-refractivity contribution in [1.82, 2.24) is 20.0 Å². The van der Waals surface area contributed by atoms with E-state index in [0.29, 0.717) is 17.1 Å². The first kappa shape index (κ1) is 23.3. The number of nitrogens with zero attached hydrogens (tertiary/aromatic N) is 4. The van der Waals surface area contributed by atoms with Crippen LogP contribution in [0.4, 0.5) is 10.1 Å². The Labute approximate surface area is 207 Å². The lowest BCUT2D eigenvalue weighted by molar-refractivity contribution is 0.0952. The van der Waals surface area contributed by atoms with Crippen molar-refractivity contribution in [3.8, 4) is 17.0 Å². The Morgan fingerprint density at radius 1 is 1.11 bits per heavy atom. The number of hydrogen-bond acceptors (Lipinski definition) is 6. The van der Waals surface area contributed by atoms with Crippen molar-refractivity contribution in [2.75, 3.05) is 51.3 Å². The van der Waals surface area contributed by atoms with Crippen LogP contribution in [0.5, 0.6) is 5.75 Å². The second kappa shape index (κ2) is 10.1. The largest absolute Gasteiger partial charge is 0.497 e. The lowest BCUT2D eigenvalue weighted by Crippen LogP contribution is -2.48. The Morgan fingerprint density at radius 2 is 1.91 bits per heavy atom. The van der Waals surface area contributed by atoms with Crippen molar-refractivity contribution >= 4 is 33.1 Å². The Morgan fingerprint density at radius 3 is 2.69 bits per heavy atom. The third kappa shape index (κ3) is 4.87. The first-order valence-corrected chi connectivity index (χ1v) is 12.5. The fraction of sp³-hybridized carbons (Fsp3) is 0.308. The summed E-state index contributed by atoms with van der Waals surface area (Å²) in [7, 11) is 3.54. The van der Waals surface area contributed by atoms with Crippen LogP contribution in [-0.4, -0.2) is 67.0 Å². The van der Waals surface area contributed by atoms with Crippen LogP contribution in [0.2, 0.25) is 0 Å². The second-order valence-corrected chi connectivity index (χ2v) is 9.60. The number of fused-ring (bicyclic) bond motifs is 1. The second-order valence-electron chi connectivity index (χ2n) is 8.57. The van der Waals surface area contributed by atoms with Gasteiger partial charge in [-0.1, -0.05) is 24.3 Å². The number of ether oxygens (including phenoxy) is 1. The molecule has 0 saturated carbocycles. The predicted octanol–water partition coefficient (Wildman–Crippen LogP) is 4.00. The van der Waals surface area contributed by atoms with E-state index >= 15 is 0 Å². The summed E-state index contributed by atoms with van der Waals surface area (Å²) in [5.41, 5.74) is 2.45. The molecule has 0 atom stereocenters. The van der Waals surface area contributed by atoms with E-state index in [1.54, 1.807) is 13.2 Å². The molecule has 0 bridgehead atoms. The average Bonchev–Trinajstić information content (AvgIpc) is 3.45. The van der Waals surface area contributed by atoms with E-state index in [4.69, 9.17) is 4.74 Å². The zero-order valence-corrected chi connectivity index (χ0v) is 20.6. The number of methoxy groups -OCH3 is 1. The summed E-state index contributed by atoms with van der Waals surface area (Å²) >= 11 is 1.44. The molecule has 1 aliphatic rings. The summed E-state index contributed by atoms with van der Waals surface area (Å²) in [5, 5.41) is 8.67. The number of para-hydroxylation sites is 1. The van der Waals surface area contributed by atoms with Crippen LogP contribution in [0.3, 0.4) is 0 Å². The molecule has 2 aromatic heterocycles. The highest BCUT2D eigenvalue weighted by Crippen LogP contribution is 2.34. The molecule has 0 spiro atoms. The number of carbonyl (C=O) groups excluding carboxylic acids is 1.